The molecule has 190 valence electrons. The first kappa shape index (κ1) is 25.4. The summed E-state index contributed by atoms with van der Waals surface area (Å²) in [5.41, 5.74) is 1.23. The fourth-order valence-electron chi connectivity index (χ4n) is 4.13. The maximum atomic E-state index is 12.9. The van der Waals surface area contributed by atoms with E-state index in [-0.39, 0.29) is 24.1 Å². The average molecular weight is 501 g/mol. The molecule has 1 saturated heterocycles. The van der Waals surface area contributed by atoms with Crippen molar-refractivity contribution in [2.45, 2.75) is 32.7 Å². The molecule has 1 aromatic heterocycles. The van der Waals surface area contributed by atoms with Gasteiger partial charge in [0.1, 0.15) is 6.26 Å². The molecule has 7 nitrogen and oxygen atoms in total. The van der Waals surface area contributed by atoms with Crippen LogP contribution in [0, 0.1) is 0 Å². The van der Waals surface area contributed by atoms with E-state index in [9.17, 15) is 22.8 Å². The number of carbonyl (C=O) groups excluding carboxylic acids is 2. The number of carbonyl (C=O) groups is 2. The molecule has 1 aliphatic rings. The van der Waals surface area contributed by atoms with Crippen molar-refractivity contribution in [1.29, 1.82) is 0 Å². The number of aromatic nitrogens is 1. The van der Waals surface area contributed by atoms with Crippen LogP contribution in [0.25, 0.3) is 0 Å². The maximum absolute atomic E-state index is 12.9. The number of benzene rings is 2. The molecule has 1 aliphatic heterocycles. The van der Waals surface area contributed by atoms with Gasteiger partial charge in [-0.25, -0.2) is 4.98 Å². The van der Waals surface area contributed by atoms with Crippen LogP contribution in [-0.2, 0) is 30.6 Å². The zero-order chi connectivity index (χ0) is 25.7. The summed E-state index contributed by atoms with van der Waals surface area (Å²) in [6.07, 6.45) is -3.06. The van der Waals surface area contributed by atoms with E-state index in [0.717, 1.165) is 17.7 Å². The van der Waals surface area contributed by atoms with E-state index in [4.69, 9.17) is 4.42 Å². The molecule has 4 rings (SSSR count). The fourth-order valence-corrected chi connectivity index (χ4v) is 4.13. The predicted octanol–water partition coefficient (Wildman–Crippen LogP) is 4.20. The number of hydrogen-bond acceptors (Lipinski definition) is 5. The van der Waals surface area contributed by atoms with Crippen molar-refractivity contribution >= 4 is 11.8 Å². The van der Waals surface area contributed by atoms with Gasteiger partial charge in [0, 0.05) is 46.2 Å². The van der Waals surface area contributed by atoms with Crippen LogP contribution < -0.4 is 0 Å². The Morgan fingerprint density at radius 3 is 2.06 bits per heavy atom. The minimum absolute atomic E-state index is 0.0163. The molecule has 0 spiro atoms. The van der Waals surface area contributed by atoms with Crippen LogP contribution in [0.1, 0.15) is 40.0 Å². The first-order valence-electron chi connectivity index (χ1n) is 11.6. The van der Waals surface area contributed by atoms with Gasteiger partial charge >= 0.3 is 6.18 Å². The molecule has 0 aliphatic carbocycles. The molecule has 2 heterocycles. The Kier molecular flexibility index (Phi) is 7.73. The van der Waals surface area contributed by atoms with Crippen molar-refractivity contribution in [3.63, 3.8) is 0 Å². The van der Waals surface area contributed by atoms with E-state index in [1.165, 1.54) is 25.3 Å². The summed E-state index contributed by atoms with van der Waals surface area (Å²) in [7, 11) is 0. The number of oxazole rings is 1. The van der Waals surface area contributed by atoms with Gasteiger partial charge in [0.25, 0.3) is 5.91 Å². The Morgan fingerprint density at radius 1 is 0.889 bits per heavy atom. The molecule has 36 heavy (non-hydrogen) atoms. The minimum Gasteiger partial charge on any atom is -0.447 e. The number of halogens is 3. The zero-order valence-corrected chi connectivity index (χ0v) is 19.9. The van der Waals surface area contributed by atoms with Gasteiger partial charge in [0.05, 0.1) is 12.1 Å². The van der Waals surface area contributed by atoms with Gasteiger partial charge in [-0.15, -0.1) is 0 Å². The van der Waals surface area contributed by atoms with E-state index in [1.807, 2.05) is 35.2 Å². The van der Waals surface area contributed by atoms with Crippen LogP contribution in [0.2, 0.25) is 0 Å². The third-order valence-electron chi connectivity index (χ3n) is 6.08. The third-order valence-corrected chi connectivity index (χ3v) is 6.08. The molecular formula is C26H27F3N4O3. The Labute approximate surface area is 207 Å². The van der Waals surface area contributed by atoms with Crippen molar-refractivity contribution in [3.05, 3.63) is 89.1 Å². The largest absolute Gasteiger partial charge is 0.447 e. The van der Waals surface area contributed by atoms with Crippen LogP contribution >= 0.6 is 0 Å². The molecule has 2 amide bonds. The van der Waals surface area contributed by atoms with Crippen LogP contribution in [0.5, 0.6) is 0 Å². The molecule has 0 bridgehead atoms. The highest BCUT2D eigenvalue weighted by molar-refractivity contribution is 5.92. The fraction of sp³-hybridized carbons (Fsp3) is 0.346. The van der Waals surface area contributed by atoms with Gasteiger partial charge in [0.2, 0.25) is 11.8 Å². The summed E-state index contributed by atoms with van der Waals surface area (Å²) < 4.78 is 44.4. The summed E-state index contributed by atoms with van der Waals surface area (Å²) in [4.78, 5) is 34.1. The quantitative estimate of drug-likeness (QED) is 0.487. The number of rotatable bonds is 7. The summed E-state index contributed by atoms with van der Waals surface area (Å²) >= 11 is 0. The molecule has 2 aromatic carbocycles. The molecule has 0 unspecified atom stereocenters. The lowest BCUT2D eigenvalue weighted by Crippen LogP contribution is -2.50. The van der Waals surface area contributed by atoms with Crippen LogP contribution in [0.3, 0.4) is 0 Å². The van der Waals surface area contributed by atoms with Crippen molar-refractivity contribution in [3.8, 4) is 0 Å². The first-order valence-corrected chi connectivity index (χ1v) is 11.6. The van der Waals surface area contributed by atoms with E-state index in [0.29, 0.717) is 50.7 Å². The molecule has 0 saturated carbocycles. The summed E-state index contributed by atoms with van der Waals surface area (Å²) in [6, 6.07) is 14.7. The van der Waals surface area contributed by atoms with Gasteiger partial charge in [-0.2, -0.15) is 13.2 Å². The molecule has 0 radical (unpaired) electrons. The number of nitrogens with zero attached hydrogens (tertiary/aromatic N) is 4. The van der Waals surface area contributed by atoms with E-state index >= 15 is 0 Å². The second-order valence-electron chi connectivity index (χ2n) is 8.75. The summed E-state index contributed by atoms with van der Waals surface area (Å²) in [6.45, 7) is 4.46. The lowest BCUT2D eigenvalue weighted by Gasteiger charge is -2.33. The molecule has 1 fully saturated rings. The number of alkyl halides is 3. The minimum atomic E-state index is -4.39. The standard InChI is InChI=1S/C26H27F3N4O3/c1-19(34)32-11-13-33(14-12-32)25(35)23-18-36-24(30-23)17-31(15-20-5-3-2-4-6-20)16-21-7-9-22(10-8-21)26(27,28)29/h2-10,18H,11-17H2,1H3. The Balaban J connectivity index is 1.45. The molecule has 10 heteroatoms. The summed E-state index contributed by atoms with van der Waals surface area (Å²) in [5, 5.41) is 0. The molecule has 3 aromatic rings. The molecule has 0 atom stereocenters. The number of amides is 2. The highest BCUT2D eigenvalue weighted by atomic mass is 19.4. The van der Waals surface area contributed by atoms with Crippen molar-refractivity contribution in [2.75, 3.05) is 26.2 Å². The van der Waals surface area contributed by atoms with Gasteiger partial charge in [-0.1, -0.05) is 42.5 Å². The SMILES string of the molecule is CC(=O)N1CCN(C(=O)c2coc(CN(Cc3ccccc3)Cc3ccc(C(F)(F)F)cc3)n2)CC1. The van der Waals surface area contributed by atoms with E-state index in [1.54, 1.807) is 9.80 Å². The predicted molar refractivity (Wildman–Crippen MR) is 125 cm³/mol. The zero-order valence-electron chi connectivity index (χ0n) is 19.9. The van der Waals surface area contributed by atoms with E-state index in [2.05, 4.69) is 4.98 Å². The smallest absolute Gasteiger partial charge is 0.416 e. The van der Waals surface area contributed by atoms with Crippen LogP contribution in [0.4, 0.5) is 13.2 Å². The lowest BCUT2D eigenvalue weighted by atomic mass is 10.1. The van der Waals surface area contributed by atoms with Gasteiger partial charge < -0.3 is 14.2 Å². The normalized spacial score (nSPS) is 14.4. The molecule has 0 N–H and O–H groups in total. The van der Waals surface area contributed by atoms with Crippen LogP contribution in [0.15, 0.2) is 65.3 Å². The van der Waals surface area contributed by atoms with Gasteiger partial charge in [-0.3, -0.25) is 14.5 Å². The Hall–Kier alpha value is -3.66. The topological polar surface area (TPSA) is 69.9 Å². The maximum Gasteiger partial charge on any atom is 0.416 e. The lowest BCUT2D eigenvalue weighted by molar-refractivity contribution is -0.137. The number of piperazine rings is 1. The van der Waals surface area contributed by atoms with E-state index < -0.39 is 11.7 Å². The molecular weight excluding hydrogens is 473 g/mol. The Morgan fingerprint density at radius 2 is 1.47 bits per heavy atom. The van der Waals surface area contributed by atoms with Gasteiger partial charge in [0.15, 0.2) is 5.69 Å². The highest BCUT2D eigenvalue weighted by Crippen LogP contribution is 2.29. The Bertz CT molecular complexity index is 1170. The number of hydrogen-bond donors (Lipinski definition) is 0. The average Bonchev–Trinajstić information content (AvgIpc) is 3.32. The van der Waals surface area contributed by atoms with Crippen molar-refractivity contribution < 1.29 is 27.2 Å². The second-order valence-corrected chi connectivity index (χ2v) is 8.75. The highest BCUT2D eigenvalue weighted by Gasteiger charge is 2.30. The van der Waals surface area contributed by atoms with Crippen LogP contribution in [-0.4, -0.2) is 57.7 Å². The third kappa shape index (κ3) is 6.51. The first-order chi connectivity index (χ1) is 17.2. The monoisotopic (exact) mass is 500 g/mol. The van der Waals surface area contributed by atoms with Gasteiger partial charge in [-0.05, 0) is 23.3 Å². The second kappa shape index (κ2) is 10.9. The van der Waals surface area contributed by atoms with Crippen molar-refractivity contribution in [1.82, 2.24) is 19.7 Å². The summed E-state index contributed by atoms with van der Waals surface area (Å²) in [5.74, 6) is 0.0616. The van der Waals surface area contributed by atoms with Crippen molar-refractivity contribution in [2.24, 2.45) is 0 Å².